The number of hydrogen-bond donors (Lipinski definition) is 2. The Morgan fingerprint density at radius 3 is 2.60 bits per heavy atom. The lowest BCUT2D eigenvalue weighted by Gasteiger charge is -2.11. The molecule has 0 aromatic heterocycles. The van der Waals surface area contributed by atoms with Crippen molar-refractivity contribution in [2.24, 2.45) is 0 Å². The van der Waals surface area contributed by atoms with Gasteiger partial charge in [-0.05, 0) is 42.8 Å². The smallest absolute Gasteiger partial charge is 0.255 e. The first-order valence-electron chi connectivity index (χ1n) is 7.22. The maximum atomic E-state index is 12.5. The van der Waals surface area contributed by atoms with E-state index >= 15 is 0 Å². The summed E-state index contributed by atoms with van der Waals surface area (Å²) in [6, 6.07) is 9.14. The lowest BCUT2D eigenvalue weighted by atomic mass is 10.1. The number of sulfonamides is 1. The highest BCUT2D eigenvalue weighted by atomic mass is 35.5. The monoisotopic (exact) mass is 398 g/mol. The van der Waals surface area contributed by atoms with Crippen molar-refractivity contribution >= 4 is 44.8 Å². The second-order valence-electron chi connectivity index (χ2n) is 5.20. The third kappa shape index (κ3) is 4.83. The van der Waals surface area contributed by atoms with Crippen molar-refractivity contribution in [1.29, 1.82) is 0 Å². The molecular formula is C17H16Cl2N2O3S. The Morgan fingerprint density at radius 1 is 1.20 bits per heavy atom. The topological polar surface area (TPSA) is 75.3 Å². The van der Waals surface area contributed by atoms with Gasteiger partial charge in [-0.3, -0.25) is 4.79 Å². The van der Waals surface area contributed by atoms with Gasteiger partial charge in [0.15, 0.2) is 0 Å². The number of carbonyl (C=O) groups is 1. The SMILES string of the molecule is C=CCNS(=O)(=O)c1cc(C(=O)Nc2cc(Cl)ccc2C)ccc1Cl. The largest absolute Gasteiger partial charge is 0.322 e. The number of halogens is 2. The molecule has 2 aromatic carbocycles. The van der Waals surface area contributed by atoms with E-state index in [9.17, 15) is 13.2 Å². The van der Waals surface area contributed by atoms with Crippen LogP contribution in [0, 0.1) is 6.92 Å². The summed E-state index contributed by atoms with van der Waals surface area (Å²) in [6.07, 6.45) is 1.41. The Morgan fingerprint density at radius 2 is 1.92 bits per heavy atom. The van der Waals surface area contributed by atoms with Crippen LogP contribution in [0.4, 0.5) is 5.69 Å². The van der Waals surface area contributed by atoms with Gasteiger partial charge in [-0.25, -0.2) is 13.1 Å². The van der Waals surface area contributed by atoms with Crippen molar-refractivity contribution < 1.29 is 13.2 Å². The number of rotatable bonds is 6. The molecule has 0 aliphatic carbocycles. The Bertz CT molecular complexity index is 927. The van der Waals surface area contributed by atoms with Crippen LogP contribution < -0.4 is 10.0 Å². The maximum Gasteiger partial charge on any atom is 0.255 e. The van der Waals surface area contributed by atoms with E-state index in [2.05, 4.69) is 16.6 Å². The summed E-state index contributed by atoms with van der Waals surface area (Å²) in [4.78, 5) is 12.3. The van der Waals surface area contributed by atoms with Gasteiger partial charge in [0.2, 0.25) is 10.0 Å². The average molecular weight is 399 g/mol. The van der Waals surface area contributed by atoms with Crippen molar-refractivity contribution in [3.8, 4) is 0 Å². The Balaban J connectivity index is 2.34. The molecule has 0 saturated carbocycles. The number of hydrogen-bond acceptors (Lipinski definition) is 3. The molecule has 2 aromatic rings. The van der Waals surface area contributed by atoms with Gasteiger partial charge in [-0.1, -0.05) is 35.3 Å². The lowest BCUT2D eigenvalue weighted by Crippen LogP contribution is -2.24. The van der Waals surface area contributed by atoms with Crippen LogP contribution in [0.1, 0.15) is 15.9 Å². The summed E-state index contributed by atoms with van der Waals surface area (Å²) < 4.78 is 26.8. The fourth-order valence-corrected chi connectivity index (χ4v) is 3.71. The van der Waals surface area contributed by atoms with Crippen molar-refractivity contribution in [3.05, 3.63) is 70.2 Å². The van der Waals surface area contributed by atoms with Crippen LogP contribution in [0.15, 0.2) is 53.9 Å². The summed E-state index contributed by atoms with van der Waals surface area (Å²) in [6.45, 7) is 5.33. The first kappa shape index (κ1) is 19.5. The van der Waals surface area contributed by atoms with Gasteiger partial charge in [0.1, 0.15) is 4.90 Å². The van der Waals surface area contributed by atoms with Crippen LogP contribution in [-0.4, -0.2) is 20.9 Å². The number of anilines is 1. The molecule has 8 heteroatoms. The third-order valence-electron chi connectivity index (χ3n) is 3.35. The summed E-state index contributed by atoms with van der Waals surface area (Å²) in [5.74, 6) is -0.470. The van der Waals surface area contributed by atoms with Crippen molar-refractivity contribution in [3.63, 3.8) is 0 Å². The van der Waals surface area contributed by atoms with E-state index in [0.29, 0.717) is 10.7 Å². The van der Waals surface area contributed by atoms with Gasteiger partial charge in [0.25, 0.3) is 5.91 Å². The molecule has 5 nitrogen and oxygen atoms in total. The number of aryl methyl sites for hydroxylation is 1. The third-order valence-corrected chi connectivity index (χ3v) is 5.49. The van der Waals surface area contributed by atoms with Gasteiger partial charge in [0, 0.05) is 22.8 Å². The highest BCUT2D eigenvalue weighted by Gasteiger charge is 2.19. The molecule has 2 rings (SSSR count). The van der Waals surface area contributed by atoms with Crippen LogP contribution in [0.2, 0.25) is 10.0 Å². The highest BCUT2D eigenvalue weighted by molar-refractivity contribution is 7.89. The van der Waals surface area contributed by atoms with E-state index in [0.717, 1.165) is 5.56 Å². The Labute approximate surface area is 156 Å². The Kier molecular flexibility index (Phi) is 6.24. The van der Waals surface area contributed by atoms with E-state index in [1.54, 1.807) is 18.2 Å². The van der Waals surface area contributed by atoms with Crippen LogP contribution in [0.3, 0.4) is 0 Å². The summed E-state index contributed by atoms with van der Waals surface area (Å²) in [5.41, 5.74) is 1.52. The fraction of sp³-hybridized carbons (Fsp3) is 0.118. The molecule has 2 N–H and O–H groups in total. The molecule has 0 unspecified atom stereocenters. The molecule has 0 aliphatic rings. The molecule has 1 amide bonds. The number of amides is 1. The molecule has 0 saturated heterocycles. The molecule has 25 heavy (non-hydrogen) atoms. The Hall–Kier alpha value is -1.86. The molecule has 0 heterocycles. The van der Waals surface area contributed by atoms with Crippen molar-refractivity contribution in [2.45, 2.75) is 11.8 Å². The predicted molar refractivity (Wildman–Crippen MR) is 101 cm³/mol. The van der Waals surface area contributed by atoms with Crippen LogP contribution in [-0.2, 0) is 10.0 Å². The second kappa shape index (κ2) is 8.01. The molecule has 132 valence electrons. The zero-order chi connectivity index (χ0) is 18.6. The van der Waals surface area contributed by atoms with Crippen molar-refractivity contribution in [1.82, 2.24) is 4.72 Å². The molecular weight excluding hydrogens is 383 g/mol. The van der Waals surface area contributed by atoms with Crippen LogP contribution >= 0.6 is 23.2 Å². The first-order chi connectivity index (χ1) is 11.7. The second-order valence-corrected chi connectivity index (χ2v) is 7.78. The molecule has 0 radical (unpaired) electrons. The quantitative estimate of drug-likeness (QED) is 0.721. The summed E-state index contributed by atoms with van der Waals surface area (Å²) in [5, 5.41) is 3.21. The normalized spacial score (nSPS) is 11.2. The first-order valence-corrected chi connectivity index (χ1v) is 9.46. The van der Waals surface area contributed by atoms with E-state index < -0.39 is 15.9 Å². The van der Waals surface area contributed by atoms with E-state index in [4.69, 9.17) is 23.2 Å². The highest BCUT2D eigenvalue weighted by Crippen LogP contribution is 2.24. The lowest BCUT2D eigenvalue weighted by molar-refractivity contribution is 0.102. The van der Waals surface area contributed by atoms with Gasteiger partial charge < -0.3 is 5.32 Å². The molecule has 0 aliphatic heterocycles. The van der Waals surface area contributed by atoms with Gasteiger partial charge in [0.05, 0.1) is 5.02 Å². The summed E-state index contributed by atoms with van der Waals surface area (Å²) in [7, 11) is -3.85. The van der Waals surface area contributed by atoms with E-state index in [1.165, 1.54) is 24.3 Å². The fourth-order valence-electron chi connectivity index (χ4n) is 2.02. The van der Waals surface area contributed by atoms with Crippen LogP contribution in [0.5, 0.6) is 0 Å². The van der Waals surface area contributed by atoms with Gasteiger partial charge in [-0.2, -0.15) is 0 Å². The molecule has 0 fully saturated rings. The minimum absolute atomic E-state index is 0.0204. The van der Waals surface area contributed by atoms with Gasteiger partial charge in [-0.15, -0.1) is 6.58 Å². The van der Waals surface area contributed by atoms with Crippen LogP contribution in [0.25, 0.3) is 0 Å². The van der Waals surface area contributed by atoms with E-state index in [-0.39, 0.29) is 22.0 Å². The number of carbonyl (C=O) groups excluding carboxylic acids is 1. The predicted octanol–water partition coefficient (Wildman–Crippen LogP) is 4.02. The molecule has 0 spiro atoms. The average Bonchev–Trinajstić information content (AvgIpc) is 2.56. The minimum Gasteiger partial charge on any atom is -0.322 e. The van der Waals surface area contributed by atoms with Crippen molar-refractivity contribution in [2.75, 3.05) is 11.9 Å². The summed E-state index contributed by atoms with van der Waals surface area (Å²) >= 11 is 11.9. The van der Waals surface area contributed by atoms with E-state index in [1.807, 2.05) is 6.92 Å². The zero-order valence-corrected chi connectivity index (χ0v) is 15.7. The maximum absolute atomic E-state index is 12.5. The molecule has 0 atom stereocenters. The standard InChI is InChI=1S/C17H16Cl2N2O3S/c1-3-8-20-25(23,24)16-9-12(5-7-14(16)19)17(22)21-15-10-13(18)6-4-11(15)2/h3-7,9-10,20H,1,8H2,2H3,(H,21,22). The zero-order valence-electron chi connectivity index (χ0n) is 13.3. The number of benzene rings is 2. The van der Waals surface area contributed by atoms with Gasteiger partial charge >= 0.3 is 0 Å². The number of nitrogens with one attached hydrogen (secondary N) is 2. The molecule has 0 bridgehead atoms. The minimum atomic E-state index is -3.85.